The van der Waals surface area contributed by atoms with Gasteiger partial charge in [-0.05, 0) is 38.0 Å². The van der Waals surface area contributed by atoms with E-state index in [1.807, 2.05) is 6.92 Å². The number of hydrogen-bond donors (Lipinski definition) is 2. The number of thioether (sulfide) groups is 1. The van der Waals surface area contributed by atoms with Gasteiger partial charge in [0.15, 0.2) is 0 Å². The molecule has 20 heavy (non-hydrogen) atoms. The highest BCUT2D eigenvalue weighted by molar-refractivity contribution is 8.01. The maximum absolute atomic E-state index is 13.6. The number of nitrogen functional groups attached to an aromatic ring is 1. The lowest BCUT2D eigenvalue weighted by Gasteiger charge is -2.24. The summed E-state index contributed by atoms with van der Waals surface area (Å²) in [5.41, 5.74) is 6.15. The van der Waals surface area contributed by atoms with Gasteiger partial charge in [-0.1, -0.05) is 0 Å². The third-order valence-electron chi connectivity index (χ3n) is 3.18. The molecule has 110 valence electrons. The van der Waals surface area contributed by atoms with Crippen LogP contribution in [0.4, 0.5) is 15.8 Å². The highest BCUT2D eigenvalue weighted by atomic mass is 32.2. The van der Waals surface area contributed by atoms with E-state index < -0.39 is 5.82 Å². The molecule has 1 aromatic carbocycles. The quantitative estimate of drug-likeness (QED) is 0.839. The number of rotatable bonds is 4. The molecule has 1 fully saturated rings. The van der Waals surface area contributed by atoms with Crippen LogP contribution >= 0.6 is 11.8 Å². The van der Waals surface area contributed by atoms with Crippen molar-refractivity contribution in [1.29, 1.82) is 0 Å². The highest BCUT2D eigenvalue weighted by Crippen LogP contribution is 2.27. The normalized spacial score (nSPS) is 17.7. The van der Waals surface area contributed by atoms with Crippen molar-refractivity contribution in [3.05, 3.63) is 24.0 Å². The van der Waals surface area contributed by atoms with Crippen LogP contribution in [0.3, 0.4) is 0 Å². The van der Waals surface area contributed by atoms with Gasteiger partial charge >= 0.3 is 0 Å². The van der Waals surface area contributed by atoms with Crippen LogP contribution in [-0.4, -0.2) is 29.6 Å². The Labute approximate surface area is 122 Å². The molecule has 0 aromatic heterocycles. The molecular formula is C14H19FN2O2S. The van der Waals surface area contributed by atoms with E-state index in [0.717, 1.165) is 26.1 Å². The monoisotopic (exact) mass is 298 g/mol. The minimum Gasteiger partial charge on any atom is -0.399 e. The van der Waals surface area contributed by atoms with Crippen LogP contribution in [0.5, 0.6) is 0 Å². The van der Waals surface area contributed by atoms with Crippen molar-refractivity contribution >= 4 is 29.0 Å². The third kappa shape index (κ3) is 4.11. The van der Waals surface area contributed by atoms with E-state index in [1.165, 1.54) is 18.2 Å². The average Bonchev–Trinajstić information content (AvgIpc) is 2.44. The maximum Gasteiger partial charge on any atom is 0.237 e. The number of carbonyl (C=O) groups excluding carboxylic acids is 1. The van der Waals surface area contributed by atoms with Crippen molar-refractivity contribution in [3.8, 4) is 0 Å². The molecule has 2 rings (SSSR count). The molecule has 0 radical (unpaired) electrons. The standard InChI is InChI=1S/C14H19FN2O2S/c1-9(20-11-4-6-19-7-5-11)14(18)17-13-8-10(16)2-3-12(13)15/h2-3,8-9,11H,4-7,16H2,1H3,(H,17,18). The topological polar surface area (TPSA) is 64.3 Å². The Morgan fingerprint density at radius 3 is 2.90 bits per heavy atom. The van der Waals surface area contributed by atoms with E-state index in [9.17, 15) is 9.18 Å². The molecule has 1 aromatic rings. The predicted molar refractivity (Wildman–Crippen MR) is 80.3 cm³/mol. The lowest BCUT2D eigenvalue weighted by Crippen LogP contribution is -2.27. The maximum atomic E-state index is 13.6. The lowest BCUT2D eigenvalue weighted by molar-refractivity contribution is -0.115. The molecule has 1 atom stereocenters. The number of benzene rings is 1. The van der Waals surface area contributed by atoms with Gasteiger partial charge in [0.2, 0.25) is 5.91 Å². The SMILES string of the molecule is CC(SC1CCOCC1)C(=O)Nc1cc(N)ccc1F. The molecule has 1 unspecified atom stereocenters. The summed E-state index contributed by atoms with van der Waals surface area (Å²) in [7, 11) is 0. The molecule has 1 aliphatic rings. The van der Waals surface area contributed by atoms with Gasteiger partial charge in [-0.15, -0.1) is 11.8 Å². The Hall–Kier alpha value is -1.27. The number of nitrogens with two attached hydrogens (primary N) is 1. The van der Waals surface area contributed by atoms with Crippen molar-refractivity contribution in [2.24, 2.45) is 0 Å². The summed E-state index contributed by atoms with van der Waals surface area (Å²) in [5, 5.41) is 2.78. The summed E-state index contributed by atoms with van der Waals surface area (Å²) < 4.78 is 18.8. The second kappa shape index (κ2) is 6.95. The molecule has 1 aliphatic heterocycles. The Bertz CT molecular complexity index is 478. The van der Waals surface area contributed by atoms with Crippen LogP contribution in [-0.2, 0) is 9.53 Å². The summed E-state index contributed by atoms with van der Waals surface area (Å²) in [6.07, 6.45) is 1.91. The van der Waals surface area contributed by atoms with E-state index in [-0.39, 0.29) is 16.8 Å². The van der Waals surface area contributed by atoms with Crippen molar-refractivity contribution in [1.82, 2.24) is 0 Å². The van der Waals surface area contributed by atoms with Crippen LogP contribution in [0.15, 0.2) is 18.2 Å². The first-order valence-electron chi connectivity index (χ1n) is 6.65. The third-order valence-corrected chi connectivity index (χ3v) is 4.66. The van der Waals surface area contributed by atoms with Gasteiger partial charge in [-0.2, -0.15) is 0 Å². The molecular weight excluding hydrogens is 279 g/mol. The Morgan fingerprint density at radius 1 is 1.50 bits per heavy atom. The van der Waals surface area contributed by atoms with E-state index >= 15 is 0 Å². The summed E-state index contributed by atoms with van der Waals surface area (Å²) >= 11 is 1.61. The second-order valence-corrected chi connectivity index (χ2v) is 6.46. The first kappa shape index (κ1) is 15.1. The summed E-state index contributed by atoms with van der Waals surface area (Å²) in [6.45, 7) is 3.32. The van der Waals surface area contributed by atoms with Crippen LogP contribution < -0.4 is 11.1 Å². The highest BCUT2D eigenvalue weighted by Gasteiger charge is 2.22. The Kier molecular flexibility index (Phi) is 5.25. The van der Waals surface area contributed by atoms with Crippen molar-refractivity contribution in [3.63, 3.8) is 0 Å². The van der Waals surface area contributed by atoms with Gasteiger partial charge in [0.05, 0.1) is 10.9 Å². The minimum absolute atomic E-state index is 0.134. The fourth-order valence-electron chi connectivity index (χ4n) is 2.04. The number of nitrogens with one attached hydrogen (secondary N) is 1. The Morgan fingerprint density at radius 2 is 2.20 bits per heavy atom. The number of carbonyl (C=O) groups is 1. The van der Waals surface area contributed by atoms with Gasteiger partial charge < -0.3 is 15.8 Å². The zero-order valence-corrected chi connectivity index (χ0v) is 12.2. The van der Waals surface area contributed by atoms with E-state index in [1.54, 1.807) is 11.8 Å². The van der Waals surface area contributed by atoms with Gasteiger partial charge in [0.25, 0.3) is 0 Å². The smallest absolute Gasteiger partial charge is 0.237 e. The first-order chi connectivity index (χ1) is 9.56. The summed E-state index contributed by atoms with van der Waals surface area (Å²) in [6, 6.07) is 4.14. The van der Waals surface area contributed by atoms with Gasteiger partial charge in [0, 0.05) is 24.2 Å². The van der Waals surface area contributed by atoms with Gasteiger partial charge in [-0.25, -0.2) is 4.39 Å². The molecule has 1 amide bonds. The van der Waals surface area contributed by atoms with Crippen molar-refractivity contribution in [2.75, 3.05) is 24.3 Å². The second-order valence-electron chi connectivity index (χ2n) is 4.82. The number of hydrogen-bond acceptors (Lipinski definition) is 4. The molecule has 1 heterocycles. The lowest BCUT2D eigenvalue weighted by atomic mass is 10.2. The fourth-order valence-corrected chi connectivity index (χ4v) is 3.26. The number of ether oxygens (including phenoxy) is 1. The zero-order valence-electron chi connectivity index (χ0n) is 11.4. The number of halogens is 1. The molecule has 3 N–H and O–H groups in total. The van der Waals surface area contributed by atoms with Gasteiger partial charge in [-0.3, -0.25) is 4.79 Å². The molecule has 0 spiro atoms. The minimum atomic E-state index is -0.476. The predicted octanol–water partition coefficient (Wildman–Crippen LogP) is 2.65. The van der Waals surface area contributed by atoms with Crippen LogP contribution in [0, 0.1) is 5.82 Å². The summed E-state index contributed by atoms with van der Waals surface area (Å²) in [4.78, 5) is 12.1. The average molecular weight is 298 g/mol. The molecule has 0 saturated carbocycles. The molecule has 0 bridgehead atoms. The van der Waals surface area contributed by atoms with Gasteiger partial charge in [0.1, 0.15) is 5.82 Å². The fraction of sp³-hybridized carbons (Fsp3) is 0.500. The largest absolute Gasteiger partial charge is 0.399 e. The van der Waals surface area contributed by atoms with E-state index in [2.05, 4.69) is 5.32 Å². The van der Waals surface area contributed by atoms with E-state index in [0.29, 0.717) is 10.9 Å². The van der Waals surface area contributed by atoms with Crippen molar-refractivity contribution in [2.45, 2.75) is 30.3 Å². The van der Waals surface area contributed by atoms with Crippen LogP contribution in [0.2, 0.25) is 0 Å². The van der Waals surface area contributed by atoms with Crippen LogP contribution in [0.25, 0.3) is 0 Å². The number of anilines is 2. The summed E-state index contributed by atoms with van der Waals surface area (Å²) in [5.74, 6) is -0.679. The van der Waals surface area contributed by atoms with Crippen molar-refractivity contribution < 1.29 is 13.9 Å². The Balaban J connectivity index is 1.91. The zero-order chi connectivity index (χ0) is 14.5. The first-order valence-corrected chi connectivity index (χ1v) is 7.59. The molecule has 4 nitrogen and oxygen atoms in total. The molecule has 0 aliphatic carbocycles. The molecule has 6 heteroatoms. The number of amides is 1. The van der Waals surface area contributed by atoms with Crippen LogP contribution in [0.1, 0.15) is 19.8 Å². The van der Waals surface area contributed by atoms with E-state index in [4.69, 9.17) is 10.5 Å². The molecule has 1 saturated heterocycles.